The Morgan fingerprint density at radius 1 is 0.913 bits per heavy atom. The fourth-order valence-electron chi connectivity index (χ4n) is 2.72. The average molecular weight is 307 g/mol. The van der Waals surface area contributed by atoms with Crippen LogP contribution in [0.3, 0.4) is 0 Å². The maximum atomic E-state index is 10.6. The summed E-state index contributed by atoms with van der Waals surface area (Å²) in [5.41, 5.74) is 2.32. The fraction of sp³-hybridized carbons (Fsp3) is 0.263. The number of benzene rings is 2. The standard InChI is InChI=1S/C19H21N3O/c1-2-3-9-14-22-17-13-8-7-12-16(17)18(19(22)23)21-20-15-10-5-4-6-11-15/h4-8,10-13,23H,2-3,9,14H2,1H3. The SMILES string of the molecule is CCCCCn1c(O)c(N=Nc2ccccc2)c2ccccc21. The smallest absolute Gasteiger partial charge is 0.220 e. The van der Waals surface area contributed by atoms with Gasteiger partial charge in [-0.05, 0) is 24.6 Å². The summed E-state index contributed by atoms with van der Waals surface area (Å²) in [6.45, 7) is 2.97. The van der Waals surface area contributed by atoms with Crippen molar-refractivity contribution in [1.82, 2.24) is 4.57 Å². The van der Waals surface area contributed by atoms with Crippen LogP contribution in [0.2, 0.25) is 0 Å². The normalized spacial score (nSPS) is 11.5. The van der Waals surface area contributed by atoms with Crippen molar-refractivity contribution < 1.29 is 5.11 Å². The van der Waals surface area contributed by atoms with Gasteiger partial charge in [0, 0.05) is 11.9 Å². The molecule has 0 bridgehead atoms. The van der Waals surface area contributed by atoms with Gasteiger partial charge in [-0.1, -0.05) is 56.2 Å². The summed E-state index contributed by atoms with van der Waals surface area (Å²) >= 11 is 0. The van der Waals surface area contributed by atoms with Gasteiger partial charge in [0.1, 0.15) is 0 Å². The maximum Gasteiger partial charge on any atom is 0.220 e. The highest BCUT2D eigenvalue weighted by Gasteiger charge is 2.15. The van der Waals surface area contributed by atoms with Crippen LogP contribution in [0, 0.1) is 0 Å². The molecule has 23 heavy (non-hydrogen) atoms. The molecule has 0 saturated carbocycles. The van der Waals surface area contributed by atoms with E-state index in [2.05, 4.69) is 17.2 Å². The van der Waals surface area contributed by atoms with E-state index in [9.17, 15) is 5.11 Å². The number of aromatic nitrogens is 1. The Morgan fingerprint density at radius 2 is 1.65 bits per heavy atom. The first-order chi connectivity index (χ1) is 11.3. The van der Waals surface area contributed by atoms with Crippen LogP contribution in [-0.2, 0) is 6.54 Å². The Morgan fingerprint density at radius 3 is 2.43 bits per heavy atom. The molecule has 4 heteroatoms. The first-order valence-corrected chi connectivity index (χ1v) is 8.08. The van der Waals surface area contributed by atoms with Gasteiger partial charge in [-0.25, -0.2) is 0 Å². The summed E-state index contributed by atoms with van der Waals surface area (Å²) in [5.74, 6) is 0.196. The third-order valence-electron chi connectivity index (χ3n) is 3.92. The molecule has 3 aromatic rings. The first kappa shape index (κ1) is 15.3. The van der Waals surface area contributed by atoms with E-state index in [0.29, 0.717) is 5.69 Å². The van der Waals surface area contributed by atoms with E-state index in [1.807, 2.05) is 59.2 Å². The lowest BCUT2D eigenvalue weighted by molar-refractivity contribution is 0.417. The van der Waals surface area contributed by atoms with Gasteiger partial charge in [-0.15, -0.1) is 5.11 Å². The molecular formula is C19H21N3O. The molecule has 1 aromatic heterocycles. The second-order valence-electron chi connectivity index (χ2n) is 5.58. The summed E-state index contributed by atoms with van der Waals surface area (Å²) in [6, 6.07) is 17.5. The molecule has 0 unspecified atom stereocenters. The highest BCUT2D eigenvalue weighted by atomic mass is 16.3. The Hall–Kier alpha value is -2.62. The molecule has 0 radical (unpaired) electrons. The van der Waals surface area contributed by atoms with Crippen molar-refractivity contribution in [3.63, 3.8) is 0 Å². The van der Waals surface area contributed by atoms with Crippen LogP contribution in [0.5, 0.6) is 5.88 Å². The van der Waals surface area contributed by atoms with Crippen LogP contribution < -0.4 is 0 Å². The number of aryl methyl sites for hydroxylation is 1. The zero-order valence-corrected chi connectivity index (χ0v) is 13.3. The number of unbranched alkanes of at least 4 members (excludes halogenated alkanes) is 2. The highest BCUT2D eigenvalue weighted by molar-refractivity contribution is 5.95. The van der Waals surface area contributed by atoms with Gasteiger partial charge in [-0.2, -0.15) is 5.11 Å². The van der Waals surface area contributed by atoms with Crippen LogP contribution in [0.15, 0.2) is 64.8 Å². The topological polar surface area (TPSA) is 49.9 Å². The minimum Gasteiger partial charge on any atom is -0.493 e. The summed E-state index contributed by atoms with van der Waals surface area (Å²) < 4.78 is 1.93. The van der Waals surface area contributed by atoms with Gasteiger partial charge in [0.2, 0.25) is 5.88 Å². The molecule has 4 nitrogen and oxygen atoms in total. The monoisotopic (exact) mass is 307 g/mol. The molecule has 0 aliphatic rings. The van der Waals surface area contributed by atoms with E-state index < -0.39 is 0 Å². The van der Waals surface area contributed by atoms with Crippen LogP contribution >= 0.6 is 0 Å². The third-order valence-corrected chi connectivity index (χ3v) is 3.92. The summed E-state index contributed by atoms with van der Waals surface area (Å²) in [4.78, 5) is 0. The van der Waals surface area contributed by atoms with E-state index in [0.717, 1.165) is 42.4 Å². The molecule has 2 aromatic carbocycles. The van der Waals surface area contributed by atoms with Crippen molar-refractivity contribution in [2.75, 3.05) is 0 Å². The number of hydrogen-bond donors (Lipinski definition) is 1. The van der Waals surface area contributed by atoms with Gasteiger partial charge >= 0.3 is 0 Å². The Kier molecular flexibility index (Phi) is 4.71. The first-order valence-electron chi connectivity index (χ1n) is 8.08. The molecule has 0 fully saturated rings. The van der Waals surface area contributed by atoms with Crippen LogP contribution in [0.4, 0.5) is 11.4 Å². The van der Waals surface area contributed by atoms with Crippen molar-refractivity contribution in [3.8, 4) is 5.88 Å². The quantitative estimate of drug-likeness (QED) is 0.444. The third kappa shape index (κ3) is 3.26. The van der Waals surface area contributed by atoms with Gasteiger partial charge in [0.05, 0.1) is 11.2 Å². The summed E-state index contributed by atoms with van der Waals surface area (Å²) in [5, 5.41) is 20.1. The molecule has 1 N–H and O–H groups in total. The van der Waals surface area contributed by atoms with Crippen molar-refractivity contribution in [1.29, 1.82) is 0 Å². The van der Waals surface area contributed by atoms with Crippen LogP contribution in [-0.4, -0.2) is 9.67 Å². The minimum atomic E-state index is 0.196. The van der Waals surface area contributed by atoms with Crippen LogP contribution in [0.25, 0.3) is 10.9 Å². The highest BCUT2D eigenvalue weighted by Crippen LogP contribution is 2.39. The molecular weight excluding hydrogens is 286 g/mol. The molecule has 0 atom stereocenters. The van der Waals surface area contributed by atoms with Crippen molar-refractivity contribution >= 4 is 22.3 Å². The second-order valence-corrected chi connectivity index (χ2v) is 5.58. The zero-order valence-electron chi connectivity index (χ0n) is 13.3. The molecule has 0 spiro atoms. The van der Waals surface area contributed by atoms with Gasteiger partial charge in [0.25, 0.3) is 0 Å². The van der Waals surface area contributed by atoms with Crippen LogP contribution in [0.1, 0.15) is 26.2 Å². The Bertz CT molecular complexity index is 806. The van der Waals surface area contributed by atoms with Crippen molar-refractivity contribution in [2.24, 2.45) is 10.2 Å². The van der Waals surface area contributed by atoms with Crippen molar-refractivity contribution in [3.05, 3.63) is 54.6 Å². The van der Waals surface area contributed by atoms with Gasteiger partial charge in [0.15, 0.2) is 5.69 Å². The molecule has 0 amide bonds. The lowest BCUT2D eigenvalue weighted by Gasteiger charge is -2.05. The number of azo groups is 1. The largest absolute Gasteiger partial charge is 0.493 e. The Labute approximate surface area is 136 Å². The lowest BCUT2D eigenvalue weighted by Crippen LogP contribution is -1.96. The van der Waals surface area contributed by atoms with E-state index in [1.54, 1.807) is 0 Å². The number of aromatic hydroxyl groups is 1. The molecule has 118 valence electrons. The van der Waals surface area contributed by atoms with E-state index in [1.165, 1.54) is 0 Å². The predicted octanol–water partition coefficient (Wildman–Crippen LogP) is 5.95. The number of para-hydroxylation sites is 1. The van der Waals surface area contributed by atoms with Gasteiger partial charge in [-0.3, -0.25) is 0 Å². The molecule has 3 rings (SSSR count). The van der Waals surface area contributed by atoms with E-state index in [4.69, 9.17) is 0 Å². The molecule has 0 aliphatic carbocycles. The summed E-state index contributed by atoms with van der Waals surface area (Å²) in [6.07, 6.45) is 3.34. The van der Waals surface area contributed by atoms with E-state index >= 15 is 0 Å². The second kappa shape index (κ2) is 7.09. The fourth-order valence-corrected chi connectivity index (χ4v) is 2.72. The number of fused-ring (bicyclic) bond motifs is 1. The zero-order chi connectivity index (χ0) is 16.1. The maximum absolute atomic E-state index is 10.6. The number of hydrogen-bond acceptors (Lipinski definition) is 3. The summed E-state index contributed by atoms with van der Waals surface area (Å²) in [7, 11) is 0. The molecule has 0 saturated heterocycles. The molecule has 1 heterocycles. The Balaban J connectivity index is 1.99. The lowest BCUT2D eigenvalue weighted by atomic mass is 10.2. The predicted molar refractivity (Wildman–Crippen MR) is 93.7 cm³/mol. The van der Waals surface area contributed by atoms with Crippen molar-refractivity contribution in [2.45, 2.75) is 32.7 Å². The molecule has 0 aliphatic heterocycles. The number of rotatable bonds is 6. The van der Waals surface area contributed by atoms with Gasteiger partial charge < -0.3 is 9.67 Å². The van der Waals surface area contributed by atoms with E-state index in [-0.39, 0.29) is 5.88 Å². The average Bonchev–Trinajstić information content (AvgIpc) is 2.86. The minimum absolute atomic E-state index is 0.196. The number of nitrogens with zero attached hydrogens (tertiary/aromatic N) is 3.